The molecule has 3 aliphatic carbocycles. The number of phenolic OH excluding ortho intramolecular Hbond substituents is 1. The molecule has 1 fully saturated rings. The molecular weight excluding hydrogens is 542 g/mol. The minimum atomic E-state index is -0.693. The summed E-state index contributed by atoms with van der Waals surface area (Å²) < 4.78 is 0. The van der Waals surface area contributed by atoms with E-state index in [1.54, 1.807) is 79.7 Å². The molecule has 4 atom stereocenters. The van der Waals surface area contributed by atoms with Crippen LogP contribution >= 0.6 is 0 Å². The van der Waals surface area contributed by atoms with E-state index in [-0.39, 0.29) is 41.3 Å². The second kappa shape index (κ2) is 9.98. The van der Waals surface area contributed by atoms with Crippen LogP contribution in [0.2, 0.25) is 0 Å². The van der Waals surface area contributed by atoms with Crippen LogP contribution in [-0.2, 0) is 19.2 Å². The molecular formula is C36H27NO6. The first kappa shape index (κ1) is 26.7. The van der Waals surface area contributed by atoms with Gasteiger partial charge in [-0.25, -0.2) is 0 Å². The zero-order valence-electron chi connectivity index (χ0n) is 23.3. The summed E-state index contributed by atoms with van der Waals surface area (Å²) in [5.41, 5.74) is 4.15. The predicted octanol–water partition coefficient (Wildman–Crippen LogP) is 5.26. The number of Topliss-reactive ketones (excluding diaryl/α,β-unsaturated/α-hetero) is 1. The Balaban J connectivity index is 1.25. The summed E-state index contributed by atoms with van der Waals surface area (Å²) in [7, 11) is 0. The number of anilines is 1. The molecule has 4 aliphatic rings. The number of amides is 2. The third-order valence-electron chi connectivity index (χ3n) is 9.21. The molecule has 1 aliphatic heterocycles. The highest BCUT2D eigenvalue weighted by Crippen LogP contribution is 2.55. The Bertz CT molecular complexity index is 1830. The molecule has 1 saturated heterocycles. The average molecular weight is 570 g/mol. The van der Waals surface area contributed by atoms with E-state index in [0.717, 1.165) is 11.1 Å². The average Bonchev–Trinajstić information content (AvgIpc) is 3.29. The van der Waals surface area contributed by atoms with Gasteiger partial charge in [0, 0.05) is 33.8 Å². The van der Waals surface area contributed by atoms with E-state index in [1.165, 1.54) is 11.0 Å². The van der Waals surface area contributed by atoms with E-state index in [9.17, 15) is 29.1 Å². The molecule has 7 nitrogen and oxygen atoms in total. The van der Waals surface area contributed by atoms with Crippen LogP contribution in [0.5, 0.6) is 5.75 Å². The van der Waals surface area contributed by atoms with E-state index in [0.29, 0.717) is 40.0 Å². The highest BCUT2D eigenvalue weighted by molar-refractivity contribution is 6.25. The second-order valence-corrected chi connectivity index (χ2v) is 11.6. The number of nitrogens with zero attached hydrogens (tertiary/aromatic N) is 1. The fourth-order valence-electron chi connectivity index (χ4n) is 7.18. The summed E-state index contributed by atoms with van der Waals surface area (Å²) in [6, 6.07) is 21.9. The Kier molecular flexibility index (Phi) is 6.20. The van der Waals surface area contributed by atoms with Crippen molar-refractivity contribution in [1.82, 2.24) is 0 Å². The van der Waals surface area contributed by atoms with Gasteiger partial charge in [-0.05, 0) is 73.7 Å². The van der Waals surface area contributed by atoms with E-state index >= 15 is 0 Å². The molecule has 0 saturated carbocycles. The van der Waals surface area contributed by atoms with Crippen molar-refractivity contribution in [3.8, 4) is 5.75 Å². The number of allylic oxidation sites excluding steroid dienone is 6. The van der Waals surface area contributed by atoms with E-state index in [2.05, 4.69) is 0 Å². The Labute approximate surface area is 247 Å². The minimum absolute atomic E-state index is 0.0776. The summed E-state index contributed by atoms with van der Waals surface area (Å²) in [6.45, 7) is 1.63. The van der Waals surface area contributed by atoms with E-state index in [1.807, 2.05) is 12.1 Å². The van der Waals surface area contributed by atoms with Crippen LogP contribution in [0.3, 0.4) is 0 Å². The normalized spacial score (nSPS) is 24.7. The summed E-state index contributed by atoms with van der Waals surface area (Å²) >= 11 is 0. The standard InChI is InChI=1S/C36H27NO6/c1-19-17-29(39)28-18-27-25(30(32(28)33(19)40)20-9-13-24(38)14-10-20)15-16-26-31(27)36(43)37(35(26)42)23-11-7-22(8-12-23)34(41)21-5-3-2-4-6-21/h2-15,17,26-27,30-31,38H,16,18H2,1H3/t26-,27+,30-,31-/m0/s1. The largest absolute Gasteiger partial charge is 0.508 e. The number of benzene rings is 3. The molecule has 7 rings (SSSR count). The lowest BCUT2D eigenvalue weighted by Gasteiger charge is -2.42. The highest BCUT2D eigenvalue weighted by atomic mass is 16.3. The molecule has 3 aromatic carbocycles. The summed E-state index contributed by atoms with van der Waals surface area (Å²) in [5.74, 6) is -3.47. The quantitative estimate of drug-likeness (QED) is 0.199. The van der Waals surface area contributed by atoms with Crippen molar-refractivity contribution in [2.45, 2.75) is 25.7 Å². The molecule has 0 bridgehead atoms. The third kappa shape index (κ3) is 4.14. The van der Waals surface area contributed by atoms with Crippen molar-refractivity contribution in [2.24, 2.45) is 17.8 Å². The maximum absolute atomic E-state index is 14.1. The lowest BCUT2D eigenvalue weighted by atomic mass is 9.59. The van der Waals surface area contributed by atoms with Gasteiger partial charge in [0.25, 0.3) is 0 Å². The van der Waals surface area contributed by atoms with Crippen LogP contribution < -0.4 is 4.90 Å². The van der Waals surface area contributed by atoms with Crippen LogP contribution in [0, 0.1) is 17.8 Å². The van der Waals surface area contributed by atoms with Crippen molar-refractivity contribution >= 4 is 34.9 Å². The maximum atomic E-state index is 14.1. The number of aromatic hydroxyl groups is 1. The number of rotatable bonds is 4. The maximum Gasteiger partial charge on any atom is 0.238 e. The van der Waals surface area contributed by atoms with Crippen molar-refractivity contribution < 1.29 is 29.1 Å². The van der Waals surface area contributed by atoms with Gasteiger partial charge in [-0.1, -0.05) is 54.1 Å². The Hall–Kier alpha value is -5.17. The lowest BCUT2D eigenvalue weighted by molar-refractivity contribution is -0.123. The number of ketones is 3. The first-order valence-electron chi connectivity index (χ1n) is 14.3. The van der Waals surface area contributed by atoms with Gasteiger partial charge < -0.3 is 5.11 Å². The van der Waals surface area contributed by atoms with Crippen molar-refractivity contribution in [3.63, 3.8) is 0 Å². The van der Waals surface area contributed by atoms with Crippen molar-refractivity contribution in [1.29, 1.82) is 0 Å². The van der Waals surface area contributed by atoms with Crippen LogP contribution in [0.4, 0.5) is 5.69 Å². The molecule has 43 heavy (non-hydrogen) atoms. The lowest BCUT2D eigenvalue weighted by Crippen LogP contribution is -2.39. The fourth-order valence-corrected chi connectivity index (χ4v) is 7.18. The number of carbonyl (C=O) groups is 5. The van der Waals surface area contributed by atoms with Gasteiger partial charge in [-0.3, -0.25) is 28.9 Å². The monoisotopic (exact) mass is 569 g/mol. The third-order valence-corrected chi connectivity index (χ3v) is 9.21. The number of fused-ring (bicyclic) bond motifs is 3. The number of phenols is 1. The number of imide groups is 1. The van der Waals surface area contributed by atoms with Gasteiger partial charge in [0.2, 0.25) is 11.8 Å². The first-order valence-corrected chi connectivity index (χ1v) is 14.3. The number of carbonyl (C=O) groups excluding carboxylic acids is 5. The van der Waals surface area contributed by atoms with Gasteiger partial charge in [0.15, 0.2) is 17.3 Å². The smallest absolute Gasteiger partial charge is 0.238 e. The molecule has 0 radical (unpaired) electrons. The Morgan fingerprint density at radius 3 is 2.19 bits per heavy atom. The van der Waals surface area contributed by atoms with Crippen LogP contribution in [0.15, 0.2) is 113 Å². The van der Waals surface area contributed by atoms with Crippen LogP contribution in [-0.4, -0.2) is 34.3 Å². The Morgan fingerprint density at radius 2 is 1.49 bits per heavy atom. The zero-order chi connectivity index (χ0) is 30.0. The van der Waals surface area contributed by atoms with Gasteiger partial charge >= 0.3 is 0 Å². The van der Waals surface area contributed by atoms with Crippen molar-refractivity contribution in [3.05, 3.63) is 130 Å². The molecule has 1 heterocycles. The first-order chi connectivity index (χ1) is 20.7. The molecule has 3 aromatic rings. The van der Waals surface area contributed by atoms with E-state index in [4.69, 9.17) is 0 Å². The summed E-state index contributed by atoms with van der Waals surface area (Å²) in [5, 5.41) is 9.92. The molecule has 0 spiro atoms. The van der Waals surface area contributed by atoms with Gasteiger partial charge in [-0.2, -0.15) is 0 Å². The number of hydrogen-bond acceptors (Lipinski definition) is 6. The van der Waals surface area contributed by atoms with E-state index < -0.39 is 23.7 Å². The highest BCUT2D eigenvalue weighted by Gasteiger charge is 2.56. The predicted molar refractivity (Wildman–Crippen MR) is 158 cm³/mol. The molecule has 1 N–H and O–H groups in total. The fraction of sp³-hybridized carbons (Fsp3) is 0.194. The minimum Gasteiger partial charge on any atom is -0.508 e. The number of hydrogen-bond donors (Lipinski definition) is 1. The topological polar surface area (TPSA) is 109 Å². The summed E-state index contributed by atoms with van der Waals surface area (Å²) in [6.07, 6.45) is 3.85. The summed E-state index contributed by atoms with van der Waals surface area (Å²) in [4.78, 5) is 68.7. The molecule has 0 aromatic heterocycles. The van der Waals surface area contributed by atoms with Crippen molar-refractivity contribution in [2.75, 3.05) is 4.90 Å². The van der Waals surface area contributed by atoms with Gasteiger partial charge in [-0.15, -0.1) is 0 Å². The SMILES string of the molecule is CC1=CC(=O)C2=C(C1=O)[C@@H](c1ccc(O)cc1)C1=CC[C@@H]3C(=O)N(c4ccc(C(=O)c5ccccc5)cc4)C(=O)[C@@H]3[C@@H]1C2. The van der Waals surface area contributed by atoms with Gasteiger partial charge in [0.05, 0.1) is 17.5 Å². The second-order valence-electron chi connectivity index (χ2n) is 11.6. The van der Waals surface area contributed by atoms with Gasteiger partial charge in [0.1, 0.15) is 5.75 Å². The molecule has 0 unspecified atom stereocenters. The Morgan fingerprint density at radius 1 is 0.814 bits per heavy atom. The van der Waals surface area contributed by atoms with Crippen LogP contribution in [0.25, 0.3) is 0 Å². The zero-order valence-corrected chi connectivity index (χ0v) is 23.3. The van der Waals surface area contributed by atoms with Crippen LogP contribution in [0.1, 0.15) is 47.2 Å². The molecule has 2 amide bonds. The molecule has 212 valence electrons. The molecule has 7 heteroatoms.